The quantitative estimate of drug-likeness (QED) is 0.920. The van der Waals surface area contributed by atoms with Crippen LogP contribution in [0.2, 0.25) is 5.02 Å². The van der Waals surface area contributed by atoms with Crippen LogP contribution in [0.15, 0.2) is 36.4 Å². The van der Waals surface area contributed by atoms with Crippen LogP contribution in [0.3, 0.4) is 0 Å². The second kappa shape index (κ2) is 6.59. The Hall–Kier alpha value is -1.78. The minimum absolute atomic E-state index is 0.482. The predicted molar refractivity (Wildman–Crippen MR) is 81.8 cm³/mol. The summed E-state index contributed by atoms with van der Waals surface area (Å²) in [7, 11) is 3.68. The molecule has 0 unspecified atom stereocenters. The van der Waals surface area contributed by atoms with Gasteiger partial charge in [-0.2, -0.15) is 0 Å². The first kappa shape index (κ1) is 14.6. The predicted octanol–water partition coefficient (Wildman–Crippen LogP) is 2.96. The van der Waals surface area contributed by atoms with Crippen molar-refractivity contribution in [1.29, 1.82) is 0 Å². The summed E-state index contributed by atoms with van der Waals surface area (Å²) in [5.41, 5.74) is 7.60. The molecule has 0 atom stereocenters. The first-order valence-electron chi connectivity index (χ1n) is 6.31. The van der Waals surface area contributed by atoms with Crippen molar-refractivity contribution in [2.75, 3.05) is 19.9 Å². The number of methoxy groups -OCH3 is 1. The van der Waals surface area contributed by atoms with E-state index in [0.717, 1.165) is 23.6 Å². The number of para-hydroxylation sites is 1. The molecular formula is C15H18ClN3O. The van der Waals surface area contributed by atoms with Crippen molar-refractivity contribution in [3.05, 3.63) is 52.7 Å². The number of benzene rings is 1. The van der Waals surface area contributed by atoms with Crippen LogP contribution in [0.4, 0.5) is 5.82 Å². The number of nitrogens with zero attached hydrogens (tertiary/aromatic N) is 2. The van der Waals surface area contributed by atoms with Crippen LogP contribution in [0.5, 0.6) is 5.75 Å². The Labute approximate surface area is 124 Å². The van der Waals surface area contributed by atoms with E-state index in [0.29, 0.717) is 17.4 Å². The van der Waals surface area contributed by atoms with Gasteiger partial charge in [0.25, 0.3) is 0 Å². The maximum absolute atomic E-state index is 6.13. The number of pyridine rings is 1. The van der Waals surface area contributed by atoms with Crippen LogP contribution in [-0.2, 0) is 13.1 Å². The summed E-state index contributed by atoms with van der Waals surface area (Å²) in [6.45, 7) is 1.37. The van der Waals surface area contributed by atoms with Crippen LogP contribution in [0, 0.1) is 0 Å². The zero-order valence-corrected chi connectivity index (χ0v) is 12.4. The first-order valence-corrected chi connectivity index (χ1v) is 6.69. The molecule has 0 saturated carbocycles. The second-order valence-corrected chi connectivity index (χ2v) is 5.06. The van der Waals surface area contributed by atoms with Gasteiger partial charge in [0.15, 0.2) is 0 Å². The van der Waals surface area contributed by atoms with Crippen molar-refractivity contribution in [3.8, 4) is 5.75 Å². The van der Waals surface area contributed by atoms with E-state index < -0.39 is 0 Å². The number of rotatable bonds is 5. The van der Waals surface area contributed by atoms with E-state index in [1.165, 1.54) is 0 Å². The van der Waals surface area contributed by atoms with E-state index >= 15 is 0 Å². The van der Waals surface area contributed by atoms with E-state index in [4.69, 9.17) is 22.1 Å². The molecule has 2 aromatic rings. The lowest BCUT2D eigenvalue weighted by Crippen LogP contribution is -2.19. The minimum Gasteiger partial charge on any atom is -0.496 e. The lowest BCUT2D eigenvalue weighted by Gasteiger charge is -2.18. The van der Waals surface area contributed by atoms with Crippen molar-refractivity contribution in [2.24, 2.45) is 0 Å². The number of nitrogen functional groups attached to an aromatic ring is 1. The van der Waals surface area contributed by atoms with Crippen molar-refractivity contribution in [3.63, 3.8) is 0 Å². The highest BCUT2D eigenvalue weighted by Gasteiger charge is 2.09. The normalized spacial score (nSPS) is 10.8. The van der Waals surface area contributed by atoms with Gasteiger partial charge in [0.1, 0.15) is 11.6 Å². The van der Waals surface area contributed by atoms with E-state index in [9.17, 15) is 0 Å². The molecule has 1 heterocycles. The molecule has 0 amide bonds. The molecule has 0 bridgehead atoms. The number of ether oxygens (including phenoxy) is 1. The molecule has 0 spiro atoms. The Balaban J connectivity index is 2.09. The van der Waals surface area contributed by atoms with E-state index in [2.05, 4.69) is 9.88 Å². The van der Waals surface area contributed by atoms with Crippen molar-refractivity contribution >= 4 is 17.4 Å². The highest BCUT2D eigenvalue weighted by molar-refractivity contribution is 6.31. The minimum atomic E-state index is 0.482. The standard InChI is InChI=1S/C15H18ClN3O/c1-19(9-11-5-3-4-6-14(11)20-2)10-13-12(16)7-8-15(17)18-13/h3-8H,9-10H2,1-2H3,(H2,17,18). The fraction of sp³-hybridized carbons (Fsp3) is 0.267. The van der Waals surface area contributed by atoms with E-state index in [-0.39, 0.29) is 0 Å². The summed E-state index contributed by atoms with van der Waals surface area (Å²) in [6, 6.07) is 11.4. The smallest absolute Gasteiger partial charge is 0.123 e. The molecule has 2 N–H and O–H groups in total. The zero-order chi connectivity index (χ0) is 14.5. The molecule has 1 aromatic carbocycles. The van der Waals surface area contributed by atoms with Gasteiger partial charge in [0.05, 0.1) is 17.8 Å². The lowest BCUT2D eigenvalue weighted by molar-refractivity contribution is 0.307. The number of nitrogens with two attached hydrogens (primary N) is 1. The molecule has 0 saturated heterocycles. The van der Waals surface area contributed by atoms with Gasteiger partial charge in [-0.25, -0.2) is 4.98 Å². The molecule has 0 aliphatic heterocycles. The number of hydrogen-bond acceptors (Lipinski definition) is 4. The largest absolute Gasteiger partial charge is 0.496 e. The van der Waals surface area contributed by atoms with Crippen LogP contribution < -0.4 is 10.5 Å². The van der Waals surface area contributed by atoms with Gasteiger partial charge in [0.2, 0.25) is 0 Å². The van der Waals surface area contributed by atoms with Crippen molar-refractivity contribution in [1.82, 2.24) is 9.88 Å². The molecule has 5 heteroatoms. The van der Waals surface area contributed by atoms with Crippen LogP contribution in [0.1, 0.15) is 11.3 Å². The summed E-state index contributed by atoms with van der Waals surface area (Å²) in [5, 5.41) is 0.631. The van der Waals surface area contributed by atoms with Gasteiger partial charge in [-0.05, 0) is 25.2 Å². The summed E-state index contributed by atoms with van der Waals surface area (Å²) in [6.07, 6.45) is 0. The molecule has 0 fully saturated rings. The zero-order valence-electron chi connectivity index (χ0n) is 11.6. The van der Waals surface area contributed by atoms with Gasteiger partial charge in [-0.3, -0.25) is 4.90 Å². The topological polar surface area (TPSA) is 51.4 Å². The van der Waals surface area contributed by atoms with Crippen LogP contribution >= 0.6 is 11.6 Å². The Morgan fingerprint density at radius 3 is 2.70 bits per heavy atom. The summed E-state index contributed by atoms with van der Waals surface area (Å²) in [4.78, 5) is 6.39. The molecule has 0 aliphatic carbocycles. The fourth-order valence-corrected chi connectivity index (χ4v) is 2.21. The van der Waals surface area contributed by atoms with Gasteiger partial charge < -0.3 is 10.5 Å². The molecular weight excluding hydrogens is 274 g/mol. The summed E-state index contributed by atoms with van der Waals surface area (Å²) < 4.78 is 5.35. The summed E-state index contributed by atoms with van der Waals surface area (Å²) >= 11 is 6.13. The Bertz CT molecular complexity index is 589. The third-order valence-electron chi connectivity index (χ3n) is 2.99. The van der Waals surface area contributed by atoms with Gasteiger partial charge in [-0.15, -0.1) is 0 Å². The number of aromatic nitrogens is 1. The van der Waals surface area contributed by atoms with Crippen LogP contribution in [0.25, 0.3) is 0 Å². The summed E-state index contributed by atoms with van der Waals surface area (Å²) in [5.74, 6) is 1.36. The average molecular weight is 292 g/mol. The third kappa shape index (κ3) is 3.62. The second-order valence-electron chi connectivity index (χ2n) is 4.65. The highest BCUT2D eigenvalue weighted by atomic mass is 35.5. The molecule has 106 valence electrons. The Morgan fingerprint density at radius 2 is 1.95 bits per heavy atom. The Morgan fingerprint density at radius 1 is 1.20 bits per heavy atom. The van der Waals surface area contributed by atoms with Gasteiger partial charge >= 0.3 is 0 Å². The first-order chi connectivity index (χ1) is 9.60. The molecule has 4 nitrogen and oxygen atoms in total. The molecule has 0 radical (unpaired) electrons. The fourth-order valence-electron chi connectivity index (χ4n) is 2.05. The lowest BCUT2D eigenvalue weighted by atomic mass is 10.2. The maximum Gasteiger partial charge on any atom is 0.123 e. The van der Waals surface area contributed by atoms with Gasteiger partial charge in [0, 0.05) is 18.7 Å². The molecule has 20 heavy (non-hydrogen) atoms. The molecule has 1 aromatic heterocycles. The van der Waals surface area contributed by atoms with Crippen molar-refractivity contribution in [2.45, 2.75) is 13.1 Å². The molecule has 0 aliphatic rings. The number of halogens is 1. The van der Waals surface area contributed by atoms with E-state index in [1.54, 1.807) is 19.2 Å². The molecule has 2 rings (SSSR count). The maximum atomic E-state index is 6.13. The third-order valence-corrected chi connectivity index (χ3v) is 3.34. The highest BCUT2D eigenvalue weighted by Crippen LogP contribution is 2.21. The Kier molecular flexibility index (Phi) is 4.82. The number of anilines is 1. The monoisotopic (exact) mass is 291 g/mol. The SMILES string of the molecule is COc1ccccc1CN(C)Cc1nc(N)ccc1Cl. The van der Waals surface area contributed by atoms with Crippen LogP contribution in [-0.4, -0.2) is 24.0 Å². The van der Waals surface area contributed by atoms with Crippen molar-refractivity contribution < 1.29 is 4.74 Å². The van der Waals surface area contributed by atoms with E-state index in [1.807, 2.05) is 31.3 Å². The average Bonchev–Trinajstić information content (AvgIpc) is 2.43. The van der Waals surface area contributed by atoms with Gasteiger partial charge in [-0.1, -0.05) is 29.8 Å². The number of hydrogen-bond donors (Lipinski definition) is 1.